The maximum Gasteiger partial charge on any atom is 0.236 e. The number of amides is 1. The van der Waals surface area contributed by atoms with E-state index in [1.165, 1.54) is 0 Å². The third-order valence-corrected chi connectivity index (χ3v) is 3.07. The lowest BCUT2D eigenvalue weighted by atomic mass is 10.2. The quantitative estimate of drug-likeness (QED) is 0.797. The van der Waals surface area contributed by atoms with Gasteiger partial charge in [0.1, 0.15) is 0 Å². The molecule has 2 heterocycles. The SMILES string of the molecule is Cc1nn(C)cc1CNCC(=O)N1CCOCC1. The van der Waals surface area contributed by atoms with Crippen LogP contribution < -0.4 is 5.32 Å². The van der Waals surface area contributed by atoms with Crippen LogP contribution in [0, 0.1) is 6.92 Å². The molecule has 6 nitrogen and oxygen atoms in total. The molecule has 0 spiro atoms. The number of aromatic nitrogens is 2. The van der Waals surface area contributed by atoms with Gasteiger partial charge in [0.2, 0.25) is 5.91 Å². The van der Waals surface area contributed by atoms with Crippen molar-refractivity contribution in [3.8, 4) is 0 Å². The highest BCUT2D eigenvalue weighted by atomic mass is 16.5. The fourth-order valence-electron chi connectivity index (χ4n) is 2.05. The van der Waals surface area contributed by atoms with Gasteiger partial charge >= 0.3 is 0 Å². The van der Waals surface area contributed by atoms with Crippen molar-refractivity contribution in [2.24, 2.45) is 7.05 Å². The zero-order chi connectivity index (χ0) is 13.0. The lowest BCUT2D eigenvalue weighted by Crippen LogP contribution is -2.44. The van der Waals surface area contributed by atoms with E-state index in [4.69, 9.17) is 4.74 Å². The molecule has 1 N–H and O–H groups in total. The van der Waals surface area contributed by atoms with E-state index in [9.17, 15) is 4.79 Å². The summed E-state index contributed by atoms with van der Waals surface area (Å²) in [5.41, 5.74) is 2.14. The standard InChI is InChI=1S/C12H20N4O2/c1-10-11(9-15(2)14-10)7-13-8-12(17)16-3-5-18-6-4-16/h9,13H,3-8H2,1-2H3. The molecule has 0 unspecified atom stereocenters. The highest BCUT2D eigenvalue weighted by molar-refractivity contribution is 5.78. The molecule has 0 bridgehead atoms. The van der Waals surface area contributed by atoms with Gasteiger partial charge < -0.3 is 15.0 Å². The molecule has 0 radical (unpaired) electrons. The van der Waals surface area contributed by atoms with Crippen molar-refractivity contribution in [3.05, 3.63) is 17.5 Å². The number of ether oxygens (including phenoxy) is 1. The maximum absolute atomic E-state index is 11.9. The molecule has 100 valence electrons. The second-order valence-electron chi connectivity index (χ2n) is 4.51. The molecule has 1 aromatic heterocycles. The molecule has 1 aliphatic heterocycles. The van der Waals surface area contributed by atoms with Crippen LogP contribution in [0.3, 0.4) is 0 Å². The van der Waals surface area contributed by atoms with E-state index < -0.39 is 0 Å². The van der Waals surface area contributed by atoms with E-state index in [0.29, 0.717) is 39.4 Å². The van der Waals surface area contributed by atoms with E-state index in [-0.39, 0.29) is 5.91 Å². The molecule has 1 aromatic rings. The summed E-state index contributed by atoms with van der Waals surface area (Å²) >= 11 is 0. The molecule has 0 saturated carbocycles. The molecule has 0 atom stereocenters. The van der Waals surface area contributed by atoms with E-state index in [1.54, 1.807) is 4.68 Å². The van der Waals surface area contributed by atoms with Gasteiger partial charge in [-0.25, -0.2) is 0 Å². The van der Waals surface area contributed by atoms with Crippen LogP contribution in [0.1, 0.15) is 11.3 Å². The second kappa shape index (κ2) is 5.97. The van der Waals surface area contributed by atoms with Gasteiger partial charge in [-0.2, -0.15) is 5.10 Å². The Morgan fingerprint density at radius 1 is 1.50 bits per heavy atom. The molecular formula is C12H20N4O2. The molecule has 2 rings (SSSR count). The summed E-state index contributed by atoms with van der Waals surface area (Å²) < 4.78 is 7.00. The first-order valence-corrected chi connectivity index (χ1v) is 6.22. The zero-order valence-electron chi connectivity index (χ0n) is 11.0. The first-order chi connectivity index (χ1) is 8.66. The Morgan fingerprint density at radius 3 is 2.83 bits per heavy atom. The number of morpholine rings is 1. The minimum Gasteiger partial charge on any atom is -0.378 e. The van der Waals surface area contributed by atoms with Crippen molar-refractivity contribution in [2.75, 3.05) is 32.8 Å². The van der Waals surface area contributed by atoms with Gasteiger partial charge in [-0.3, -0.25) is 9.48 Å². The predicted octanol–water partition coefficient (Wildman–Crippen LogP) is -0.323. The number of nitrogens with one attached hydrogen (secondary N) is 1. The minimum atomic E-state index is 0.139. The Hall–Kier alpha value is -1.40. The molecule has 1 amide bonds. The lowest BCUT2D eigenvalue weighted by molar-refractivity contribution is -0.134. The number of aryl methyl sites for hydroxylation is 2. The third-order valence-electron chi connectivity index (χ3n) is 3.07. The molecule has 1 aliphatic rings. The Kier molecular flexibility index (Phi) is 4.33. The van der Waals surface area contributed by atoms with Crippen molar-refractivity contribution < 1.29 is 9.53 Å². The summed E-state index contributed by atoms with van der Waals surface area (Å²) in [5.74, 6) is 0.139. The predicted molar refractivity (Wildman–Crippen MR) is 67.1 cm³/mol. The van der Waals surface area contributed by atoms with Crippen LogP contribution in [0.2, 0.25) is 0 Å². The van der Waals surface area contributed by atoms with Gasteiger partial charge in [-0.05, 0) is 6.92 Å². The second-order valence-corrected chi connectivity index (χ2v) is 4.51. The first kappa shape index (κ1) is 13.0. The van der Waals surface area contributed by atoms with Crippen LogP contribution in [0.4, 0.5) is 0 Å². The van der Waals surface area contributed by atoms with Gasteiger partial charge in [0.15, 0.2) is 0 Å². The smallest absolute Gasteiger partial charge is 0.236 e. The highest BCUT2D eigenvalue weighted by Gasteiger charge is 2.16. The van der Waals surface area contributed by atoms with Crippen LogP contribution in [0.5, 0.6) is 0 Å². The summed E-state index contributed by atoms with van der Waals surface area (Å²) in [7, 11) is 1.90. The fraction of sp³-hybridized carbons (Fsp3) is 0.667. The van der Waals surface area contributed by atoms with Crippen molar-refractivity contribution in [1.29, 1.82) is 0 Å². The van der Waals surface area contributed by atoms with Gasteiger partial charge in [0.05, 0.1) is 25.5 Å². The van der Waals surface area contributed by atoms with Crippen molar-refractivity contribution >= 4 is 5.91 Å². The summed E-state index contributed by atoms with van der Waals surface area (Å²) in [5, 5.41) is 7.43. The maximum atomic E-state index is 11.9. The van der Waals surface area contributed by atoms with Crippen LogP contribution >= 0.6 is 0 Å². The molecule has 1 saturated heterocycles. The van der Waals surface area contributed by atoms with E-state index >= 15 is 0 Å². The Balaban J connectivity index is 1.74. The zero-order valence-corrected chi connectivity index (χ0v) is 11.0. The summed E-state index contributed by atoms with van der Waals surface area (Å²) in [6.07, 6.45) is 1.97. The lowest BCUT2D eigenvalue weighted by Gasteiger charge is -2.26. The largest absolute Gasteiger partial charge is 0.378 e. The highest BCUT2D eigenvalue weighted by Crippen LogP contribution is 2.03. The van der Waals surface area contributed by atoms with Crippen molar-refractivity contribution in [3.63, 3.8) is 0 Å². The van der Waals surface area contributed by atoms with Gasteiger partial charge in [0, 0.05) is 38.4 Å². The number of rotatable bonds is 4. The van der Waals surface area contributed by atoms with Crippen molar-refractivity contribution in [1.82, 2.24) is 20.0 Å². The Labute approximate surface area is 107 Å². The average molecular weight is 252 g/mol. The number of hydrogen-bond donors (Lipinski definition) is 1. The monoisotopic (exact) mass is 252 g/mol. The Bertz CT molecular complexity index is 410. The number of nitrogens with zero attached hydrogens (tertiary/aromatic N) is 3. The summed E-state index contributed by atoms with van der Waals surface area (Å²) in [4.78, 5) is 13.7. The van der Waals surface area contributed by atoms with Crippen LogP contribution in [-0.4, -0.2) is 53.4 Å². The van der Waals surface area contributed by atoms with E-state index in [0.717, 1.165) is 11.3 Å². The van der Waals surface area contributed by atoms with Crippen LogP contribution in [0.15, 0.2) is 6.20 Å². The normalized spacial score (nSPS) is 16.0. The molecule has 0 aliphatic carbocycles. The molecular weight excluding hydrogens is 232 g/mol. The van der Waals surface area contributed by atoms with Gasteiger partial charge in [-0.1, -0.05) is 0 Å². The van der Waals surface area contributed by atoms with E-state index in [2.05, 4.69) is 10.4 Å². The molecule has 18 heavy (non-hydrogen) atoms. The Morgan fingerprint density at radius 2 is 2.22 bits per heavy atom. The molecule has 0 aromatic carbocycles. The number of carbonyl (C=O) groups excluding carboxylic acids is 1. The average Bonchev–Trinajstić information content (AvgIpc) is 2.69. The van der Waals surface area contributed by atoms with Gasteiger partial charge in [-0.15, -0.1) is 0 Å². The molecule has 1 fully saturated rings. The van der Waals surface area contributed by atoms with Crippen molar-refractivity contribution in [2.45, 2.75) is 13.5 Å². The molecule has 6 heteroatoms. The van der Waals surface area contributed by atoms with Crippen LogP contribution in [-0.2, 0) is 23.1 Å². The minimum absolute atomic E-state index is 0.139. The number of hydrogen-bond acceptors (Lipinski definition) is 4. The van der Waals surface area contributed by atoms with E-state index in [1.807, 2.05) is 25.1 Å². The fourth-order valence-corrected chi connectivity index (χ4v) is 2.05. The first-order valence-electron chi connectivity index (χ1n) is 6.22. The van der Waals surface area contributed by atoms with Crippen LogP contribution in [0.25, 0.3) is 0 Å². The third kappa shape index (κ3) is 3.30. The summed E-state index contributed by atoms with van der Waals surface area (Å²) in [6, 6.07) is 0. The number of carbonyl (C=O) groups is 1. The summed E-state index contributed by atoms with van der Waals surface area (Å²) in [6.45, 7) is 5.71. The topological polar surface area (TPSA) is 59.4 Å². The van der Waals surface area contributed by atoms with Gasteiger partial charge in [0.25, 0.3) is 0 Å².